The molecule has 0 spiro atoms. The van der Waals surface area contributed by atoms with Crippen LogP contribution in [0.1, 0.15) is 12.8 Å². The Bertz CT molecular complexity index is 956. The van der Waals surface area contributed by atoms with E-state index in [4.69, 9.17) is 10.2 Å². The largest absolute Gasteiger partial charge is 2.00 e. The number of carboxylic acids is 3. The molecule has 37 heavy (non-hydrogen) atoms. The van der Waals surface area contributed by atoms with Gasteiger partial charge in [0.05, 0.1) is 11.0 Å². The number of aliphatic carboxylic acids is 3. The summed E-state index contributed by atoms with van der Waals surface area (Å²) in [4.78, 5) is 38.9. The molecule has 0 bridgehead atoms. The predicted molar refractivity (Wildman–Crippen MR) is 106 cm³/mol. The number of fused-ring (bicyclic) bond motifs is 3. The van der Waals surface area contributed by atoms with Crippen LogP contribution in [0.25, 0.3) is 21.8 Å². The molecular formula is C18H22Mo2N2O15-10. The number of aromatic nitrogens is 2. The first-order chi connectivity index (χ1) is 12.7. The Balaban J connectivity index is -0.0000000478. The molecule has 0 aliphatic carbocycles. The van der Waals surface area contributed by atoms with Crippen molar-refractivity contribution in [2.45, 2.75) is 18.4 Å². The third-order valence-corrected chi connectivity index (χ3v) is 3.59. The van der Waals surface area contributed by atoms with E-state index in [-0.39, 0.29) is 85.9 Å². The Labute approximate surface area is 237 Å². The van der Waals surface area contributed by atoms with Gasteiger partial charge in [0.25, 0.3) is 0 Å². The van der Waals surface area contributed by atoms with Crippen molar-refractivity contribution < 1.29 is 121 Å². The molecule has 2 heterocycles. The van der Waals surface area contributed by atoms with Crippen LogP contribution in [-0.2, 0) is 94.8 Å². The third-order valence-electron chi connectivity index (χ3n) is 3.59. The smallest absolute Gasteiger partial charge is 0.302 e. The van der Waals surface area contributed by atoms with E-state index in [0.717, 1.165) is 21.8 Å². The van der Waals surface area contributed by atoms with Gasteiger partial charge in [-0.05, 0) is 12.1 Å². The first-order valence-corrected chi connectivity index (χ1v) is 7.67. The first kappa shape index (κ1) is 59.5. The van der Waals surface area contributed by atoms with Crippen molar-refractivity contribution in [2.75, 3.05) is 0 Å². The van der Waals surface area contributed by atoms with Crippen molar-refractivity contribution in [2.24, 2.45) is 0 Å². The maximum Gasteiger partial charge on any atom is 0.302 e. The van der Waals surface area contributed by atoms with Crippen molar-refractivity contribution in [3.63, 3.8) is 0 Å². The van der Waals surface area contributed by atoms with Gasteiger partial charge in [0.2, 0.25) is 0 Å². The minimum atomic E-state index is -3.10. The Morgan fingerprint density at radius 3 is 1.27 bits per heavy atom. The molecule has 0 radical (unpaired) electrons. The SMILES string of the molecule is O.O=C(O)CC([O-])(CC(=O)O)C(=O)[O-].[Mo].[Mo].[O-2].[O-2].[O-2].[O-2].[O-2].[OH3+].[OH3+].c1cnc2c(c1)ccc1cccnc12. The summed E-state index contributed by atoms with van der Waals surface area (Å²) in [6, 6.07) is 12.1. The number of nitrogens with zero attached hydrogens (tertiary/aromatic N) is 2. The van der Waals surface area contributed by atoms with Crippen molar-refractivity contribution in [3.8, 4) is 0 Å². The van der Waals surface area contributed by atoms with E-state index in [2.05, 4.69) is 34.2 Å². The van der Waals surface area contributed by atoms with Crippen molar-refractivity contribution in [1.82, 2.24) is 9.97 Å². The molecule has 3 rings (SSSR count). The molecule has 0 saturated heterocycles. The van der Waals surface area contributed by atoms with Crippen LogP contribution in [-0.4, -0.2) is 49.2 Å². The van der Waals surface area contributed by atoms with E-state index in [1.807, 2.05) is 12.1 Å². The zero-order chi connectivity index (χ0) is 20.0. The summed E-state index contributed by atoms with van der Waals surface area (Å²) < 4.78 is 0. The molecule has 216 valence electrons. The average Bonchev–Trinajstić information content (AvgIpc) is 2.60. The van der Waals surface area contributed by atoms with Crippen LogP contribution in [0.5, 0.6) is 0 Å². The second-order valence-corrected chi connectivity index (χ2v) is 5.64. The minimum absolute atomic E-state index is 0. The summed E-state index contributed by atoms with van der Waals surface area (Å²) in [5, 5.41) is 39.7. The van der Waals surface area contributed by atoms with Crippen LogP contribution in [0.2, 0.25) is 0 Å². The van der Waals surface area contributed by atoms with E-state index in [0.29, 0.717) is 0 Å². The summed E-state index contributed by atoms with van der Waals surface area (Å²) in [6.45, 7) is 0. The van der Waals surface area contributed by atoms with Gasteiger partial charge in [0.15, 0.2) is 0 Å². The second kappa shape index (κ2) is 26.5. The van der Waals surface area contributed by atoms with Gasteiger partial charge in [0.1, 0.15) is 0 Å². The third kappa shape index (κ3) is 16.8. The van der Waals surface area contributed by atoms with E-state index < -0.39 is 36.4 Å². The van der Waals surface area contributed by atoms with Gasteiger partial charge in [-0.15, -0.1) is 0 Å². The molecule has 1 aromatic carbocycles. The summed E-state index contributed by atoms with van der Waals surface area (Å²) in [5.74, 6) is -5.58. The van der Waals surface area contributed by atoms with Crippen molar-refractivity contribution >= 4 is 39.7 Å². The second-order valence-electron chi connectivity index (χ2n) is 5.64. The number of hydrogen-bond donors (Lipinski definition) is 2. The number of hydrogen-bond acceptors (Lipinski definition) is 7. The summed E-state index contributed by atoms with van der Waals surface area (Å²) in [5.41, 5.74) is -1.14. The summed E-state index contributed by atoms with van der Waals surface area (Å²) in [6.07, 6.45) is 0.968. The quantitative estimate of drug-likeness (QED) is 0.150. The van der Waals surface area contributed by atoms with E-state index >= 15 is 0 Å². The van der Waals surface area contributed by atoms with Gasteiger partial charge in [0, 0.05) is 84.1 Å². The zero-order valence-corrected chi connectivity index (χ0v) is 22.4. The van der Waals surface area contributed by atoms with Gasteiger partial charge in [-0.2, -0.15) is 0 Å². The van der Waals surface area contributed by atoms with Crippen LogP contribution in [0.3, 0.4) is 0 Å². The minimum Gasteiger partial charge on any atom is -2.00 e. The number of pyridine rings is 2. The molecule has 3 aromatic rings. The summed E-state index contributed by atoms with van der Waals surface area (Å²) >= 11 is 0. The topological polar surface area (TPSA) is 404 Å². The normalized spacial score (nSPS) is 7.92. The fourth-order valence-corrected chi connectivity index (χ4v) is 2.38. The van der Waals surface area contributed by atoms with Crippen LogP contribution in [0, 0.1) is 0 Å². The standard InChI is InChI=1S/C12H8N2.C6H7O7.2Mo.3H2O.5O/c1-3-9-5-6-10-4-2-8-14-12(10)11(9)13-7-1;7-3(8)1-6(13,5(11)12)2-4(9)10;;;;;;;;;;/h1-8H;1-2H2,(H,7,8)(H,9,10)(H,11,12);;;3*1H2;;;;;/q;-1;;;;;;5*-2/p+1. The van der Waals surface area contributed by atoms with Gasteiger partial charge >= 0.3 is 11.9 Å². The monoisotopic (exact) mass is 702 g/mol. The molecule has 10 N–H and O–H groups in total. The molecule has 0 amide bonds. The van der Waals surface area contributed by atoms with Crippen molar-refractivity contribution in [1.29, 1.82) is 0 Å². The fraction of sp³-hybridized carbons (Fsp3) is 0.167. The molecule has 0 aliphatic rings. The Morgan fingerprint density at radius 1 is 0.730 bits per heavy atom. The number of carboxylic acid groups (broad SMARTS) is 3. The Kier molecular flexibility index (Phi) is 42.7. The van der Waals surface area contributed by atoms with Gasteiger partial charge in [-0.25, -0.2) is 0 Å². The van der Waals surface area contributed by atoms with Crippen LogP contribution >= 0.6 is 0 Å². The molecule has 0 unspecified atom stereocenters. The fourth-order valence-electron chi connectivity index (χ4n) is 2.38. The maximum atomic E-state index is 11.0. The van der Waals surface area contributed by atoms with Crippen LogP contribution < -0.4 is 10.2 Å². The van der Waals surface area contributed by atoms with E-state index in [1.54, 1.807) is 12.4 Å². The zero-order valence-electron chi connectivity index (χ0n) is 18.4. The molecule has 0 saturated carbocycles. The molecule has 2 aromatic heterocycles. The molecule has 17 nitrogen and oxygen atoms in total. The molecule has 0 fully saturated rings. The molecule has 19 heteroatoms. The summed E-state index contributed by atoms with van der Waals surface area (Å²) in [7, 11) is 0. The van der Waals surface area contributed by atoms with Gasteiger partial charge < -0.3 is 69.0 Å². The van der Waals surface area contributed by atoms with E-state index in [9.17, 15) is 24.6 Å². The molecular weight excluding hydrogens is 676 g/mol. The van der Waals surface area contributed by atoms with Crippen LogP contribution in [0.4, 0.5) is 0 Å². The number of carbonyl (C=O) groups is 3. The number of benzene rings is 1. The van der Waals surface area contributed by atoms with Gasteiger partial charge in [-0.3, -0.25) is 19.6 Å². The maximum absolute atomic E-state index is 11.0. The Hall–Kier alpha value is -2.53. The molecule has 0 atom stereocenters. The average molecular weight is 698 g/mol. The van der Waals surface area contributed by atoms with E-state index in [1.165, 1.54) is 0 Å². The van der Waals surface area contributed by atoms with Crippen LogP contribution in [0.15, 0.2) is 48.8 Å². The Morgan fingerprint density at radius 2 is 1.03 bits per heavy atom. The van der Waals surface area contributed by atoms with Gasteiger partial charge in [-0.1, -0.05) is 29.9 Å². The number of rotatable bonds is 5. The van der Waals surface area contributed by atoms with Crippen molar-refractivity contribution in [3.05, 3.63) is 48.8 Å². The molecule has 0 aliphatic heterocycles. The first-order valence-electron chi connectivity index (χ1n) is 7.67. The predicted octanol–water partition coefficient (Wildman–Crippen LogP) is -3.70. The number of carbonyl (C=O) groups excluding carboxylic acids is 1.